The lowest BCUT2D eigenvalue weighted by molar-refractivity contribution is 1.04. The van der Waals surface area contributed by atoms with Gasteiger partial charge in [-0.3, -0.25) is 0 Å². The van der Waals surface area contributed by atoms with Gasteiger partial charge in [-0.05, 0) is 19.4 Å². The number of hydrogen-bond donors (Lipinski definition) is 0. The van der Waals surface area contributed by atoms with E-state index in [1.165, 1.54) is 0 Å². The van der Waals surface area contributed by atoms with E-state index in [0.29, 0.717) is 0 Å². The van der Waals surface area contributed by atoms with Gasteiger partial charge in [0.25, 0.3) is 0 Å². The van der Waals surface area contributed by atoms with Crippen LogP contribution >= 0.6 is 0 Å². The molecule has 0 fully saturated rings. The molecule has 1 rings (SSSR count). The Morgan fingerprint density at radius 3 is 2.25 bits per heavy atom. The zero-order chi connectivity index (χ0) is 9.14. The van der Waals surface area contributed by atoms with E-state index in [9.17, 15) is 0 Å². The minimum absolute atomic E-state index is 0.880. The Bertz CT molecular complexity index is 306. The standard InChI is InChI=1S/C10H12N2/c1-5-7(2)10-8(3)11-6-12-9(10)4/h5-6H,1-2H2,3-4H3. The second-order valence-corrected chi connectivity index (χ2v) is 2.65. The van der Waals surface area contributed by atoms with Crippen LogP contribution in [0.3, 0.4) is 0 Å². The summed E-state index contributed by atoms with van der Waals surface area (Å²) >= 11 is 0. The van der Waals surface area contributed by atoms with E-state index in [4.69, 9.17) is 0 Å². The molecule has 0 aliphatic carbocycles. The Labute approximate surface area is 72.7 Å². The van der Waals surface area contributed by atoms with E-state index >= 15 is 0 Å². The van der Waals surface area contributed by atoms with Crippen molar-refractivity contribution in [1.29, 1.82) is 0 Å². The van der Waals surface area contributed by atoms with Crippen LogP contribution in [0.2, 0.25) is 0 Å². The van der Waals surface area contributed by atoms with Gasteiger partial charge in [-0.1, -0.05) is 19.2 Å². The summed E-state index contributed by atoms with van der Waals surface area (Å²) in [4.78, 5) is 8.18. The fourth-order valence-corrected chi connectivity index (χ4v) is 1.16. The highest BCUT2D eigenvalue weighted by Crippen LogP contribution is 2.18. The molecule has 0 atom stereocenters. The van der Waals surface area contributed by atoms with Crippen LogP contribution in [-0.4, -0.2) is 9.97 Å². The molecule has 0 bridgehead atoms. The Hall–Kier alpha value is -1.44. The van der Waals surface area contributed by atoms with Gasteiger partial charge in [-0.25, -0.2) is 9.97 Å². The highest BCUT2D eigenvalue weighted by atomic mass is 14.8. The maximum Gasteiger partial charge on any atom is 0.115 e. The first kappa shape index (κ1) is 8.65. The molecule has 0 aromatic carbocycles. The molecule has 0 spiro atoms. The molecule has 1 aromatic heterocycles. The molecule has 0 radical (unpaired) electrons. The monoisotopic (exact) mass is 160 g/mol. The van der Waals surface area contributed by atoms with Gasteiger partial charge in [0.15, 0.2) is 0 Å². The van der Waals surface area contributed by atoms with E-state index in [-0.39, 0.29) is 0 Å². The molecule has 1 aromatic rings. The molecule has 0 unspecified atom stereocenters. The van der Waals surface area contributed by atoms with Gasteiger partial charge in [0.2, 0.25) is 0 Å². The molecule has 0 saturated heterocycles. The summed E-state index contributed by atoms with van der Waals surface area (Å²) in [6.07, 6.45) is 3.28. The third-order valence-corrected chi connectivity index (χ3v) is 1.79. The molecule has 12 heavy (non-hydrogen) atoms. The number of nitrogens with zero attached hydrogens (tertiary/aromatic N) is 2. The van der Waals surface area contributed by atoms with Gasteiger partial charge in [0.1, 0.15) is 6.33 Å². The van der Waals surface area contributed by atoms with Gasteiger partial charge < -0.3 is 0 Å². The summed E-state index contributed by atoms with van der Waals surface area (Å²) in [5.41, 5.74) is 3.79. The van der Waals surface area contributed by atoms with Gasteiger partial charge in [-0.15, -0.1) is 0 Å². The second-order valence-electron chi connectivity index (χ2n) is 2.65. The van der Waals surface area contributed by atoms with Crippen LogP contribution in [-0.2, 0) is 0 Å². The quantitative estimate of drug-likeness (QED) is 0.620. The molecule has 2 heteroatoms. The van der Waals surface area contributed by atoms with E-state index in [1.807, 2.05) is 13.8 Å². The van der Waals surface area contributed by atoms with Crippen LogP contribution in [0.4, 0.5) is 0 Å². The minimum Gasteiger partial charge on any atom is -0.241 e. The van der Waals surface area contributed by atoms with Crippen molar-refractivity contribution in [2.45, 2.75) is 13.8 Å². The smallest absolute Gasteiger partial charge is 0.115 e. The van der Waals surface area contributed by atoms with Crippen molar-refractivity contribution in [2.75, 3.05) is 0 Å². The van der Waals surface area contributed by atoms with E-state index < -0.39 is 0 Å². The van der Waals surface area contributed by atoms with Crippen molar-refractivity contribution in [3.63, 3.8) is 0 Å². The summed E-state index contributed by atoms with van der Waals surface area (Å²) in [5.74, 6) is 0. The molecule has 0 aliphatic rings. The number of rotatable bonds is 2. The lowest BCUT2D eigenvalue weighted by Gasteiger charge is -2.06. The van der Waals surface area contributed by atoms with Crippen LogP contribution in [0, 0.1) is 13.8 Å². The molecule has 62 valence electrons. The predicted octanol–water partition coefficient (Wildman–Crippen LogP) is 2.29. The van der Waals surface area contributed by atoms with Crippen molar-refractivity contribution in [2.24, 2.45) is 0 Å². The lowest BCUT2D eigenvalue weighted by Crippen LogP contribution is -1.96. The second kappa shape index (κ2) is 3.30. The third kappa shape index (κ3) is 1.42. The summed E-state index contributed by atoms with van der Waals surface area (Å²) in [6.45, 7) is 11.4. The van der Waals surface area contributed by atoms with Crippen molar-refractivity contribution in [3.05, 3.63) is 42.5 Å². The molecule has 2 nitrogen and oxygen atoms in total. The highest BCUT2D eigenvalue weighted by molar-refractivity contribution is 5.73. The predicted molar refractivity (Wildman–Crippen MR) is 50.7 cm³/mol. The lowest BCUT2D eigenvalue weighted by atomic mass is 10.1. The van der Waals surface area contributed by atoms with Gasteiger partial charge >= 0.3 is 0 Å². The largest absolute Gasteiger partial charge is 0.241 e. The first-order valence-corrected chi connectivity index (χ1v) is 3.76. The van der Waals surface area contributed by atoms with E-state index in [0.717, 1.165) is 22.5 Å². The minimum atomic E-state index is 0.880. The molecule has 0 saturated carbocycles. The van der Waals surface area contributed by atoms with Gasteiger partial charge in [0.05, 0.1) is 0 Å². The number of aryl methyl sites for hydroxylation is 2. The highest BCUT2D eigenvalue weighted by Gasteiger charge is 2.04. The van der Waals surface area contributed by atoms with Crippen LogP contribution in [0.15, 0.2) is 25.6 Å². The summed E-state index contributed by atoms with van der Waals surface area (Å²) < 4.78 is 0. The summed E-state index contributed by atoms with van der Waals surface area (Å²) in [5, 5.41) is 0. The average molecular weight is 160 g/mol. The van der Waals surface area contributed by atoms with Crippen LogP contribution in [0.5, 0.6) is 0 Å². The molecular weight excluding hydrogens is 148 g/mol. The van der Waals surface area contributed by atoms with Crippen LogP contribution in [0.25, 0.3) is 5.57 Å². The third-order valence-electron chi connectivity index (χ3n) is 1.79. The van der Waals surface area contributed by atoms with E-state index in [2.05, 4.69) is 23.1 Å². The van der Waals surface area contributed by atoms with Gasteiger partial charge in [0, 0.05) is 17.0 Å². The Kier molecular flexibility index (Phi) is 2.38. The van der Waals surface area contributed by atoms with Gasteiger partial charge in [-0.2, -0.15) is 0 Å². The Morgan fingerprint density at radius 2 is 1.83 bits per heavy atom. The normalized spacial score (nSPS) is 9.50. The summed E-state index contributed by atoms with van der Waals surface area (Å²) in [6, 6.07) is 0. The van der Waals surface area contributed by atoms with Crippen molar-refractivity contribution in [1.82, 2.24) is 9.97 Å². The Balaban J connectivity index is 3.30. The van der Waals surface area contributed by atoms with Crippen LogP contribution < -0.4 is 0 Å². The number of aromatic nitrogens is 2. The van der Waals surface area contributed by atoms with Crippen molar-refractivity contribution >= 4 is 5.57 Å². The fraction of sp³-hybridized carbons (Fsp3) is 0.200. The fourth-order valence-electron chi connectivity index (χ4n) is 1.16. The maximum atomic E-state index is 4.09. The zero-order valence-electron chi connectivity index (χ0n) is 7.46. The van der Waals surface area contributed by atoms with Crippen molar-refractivity contribution < 1.29 is 0 Å². The molecule has 0 aliphatic heterocycles. The van der Waals surface area contributed by atoms with Crippen LogP contribution in [0.1, 0.15) is 17.0 Å². The molecule has 0 amide bonds. The SMILES string of the molecule is C=CC(=C)c1c(C)ncnc1C. The number of hydrogen-bond acceptors (Lipinski definition) is 2. The van der Waals surface area contributed by atoms with E-state index in [1.54, 1.807) is 12.4 Å². The Morgan fingerprint density at radius 1 is 1.33 bits per heavy atom. The van der Waals surface area contributed by atoms with Crippen molar-refractivity contribution in [3.8, 4) is 0 Å². The molecular formula is C10H12N2. The maximum absolute atomic E-state index is 4.09. The molecule has 0 N–H and O–H groups in total. The number of allylic oxidation sites excluding steroid dienone is 2. The average Bonchev–Trinajstić information content (AvgIpc) is 2.03. The first-order chi connectivity index (χ1) is 5.66. The summed E-state index contributed by atoms with van der Waals surface area (Å²) in [7, 11) is 0. The zero-order valence-corrected chi connectivity index (χ0v) is 7.46. The first-order valence-electron chi connectivity index (χ1n) is 3.76. The topological polar surface area (TPSA) is 25.8 Å². The molecule has 1 heterocycles.